The highest BCUT2D eigenvalue weighted by Crippen LogP contribution is 2.28. The maximum atomic E-state index is 12.2. The first-order valence-corrected chi connectivity index (χ1v) is 7.82. The molecule has 21 heavy (non-hydrogen) atoms. The number of carbonyl (C=O) groups excluding carboxylic acids is 1. The van der Waals surface area contributed by atoms with E-state index in [0.717, 1.165) is 18.2 Å². The number of nitrogens with two attached hydrogens (primary N) is 1. The molecule has 0 aromatic heterocycles. The van der Waals surface area contributed by atoms with Gasteiger partial charge in [0.15, 0.2) is 0 Å². The Morgan fingerprint density at radius 2 is 2.14 bits per heavy atom. The first-order chi connectivity index (χ1) is 9.97. The average Bonchev–Trinajstić information content (AvgIpc) is 2.44. The maximum absolute atomic E-state index is 12.2. The summed E-state index contributed by atoms with van der Waals surface area (Å²) in [5.74, 6) is 1.39. The lowest BCUT2D eigenvalue weighted by Crippen LogP contribution is -2.31. The molecule has 116 valence electrons. The Hall–Kier alpha value is -1.71. The predicted octanol–water partition coefficient (Wildman–Crippen LogP) is 2.89. The minimum atomic E-state index is -0.0229. The highest BCUT2D eigenvalue weighted by Gasteiger charge is 2.19. The minimum absolute atomic E-state index is 0.0229. The molecular weight excluding hydrogens is 262 g/mol. The molecule has 1 amide bonds. The van der Waals surface area contributed by atoms with Gasteiger partial charge in [0.25, 0.3) is 5.91 Å². The SMILES string of the molecule is CC1CCCC(CNC(=O)c2ccc(N(C)C)c(N)c2)C1. The van der Waals surface area contributed by atoms with Crippen LogP contribution in [0.15, 0.2) is 18.2 Å². The molecule has 0 saturated heterocycles. The van der Waals surface area contributed by atoms with Gasteiger partial charge in [0.1, 0.15) is 0 Å². The Bertz CT molecular complexity index is 499. The zero-order chi connectivity index (χ0) is 15.4. The predicted molar refractivity (Wildman–Crippen MR) is 88.6 cm³/mol. The molecule has 2 atom stereocenters. The second-order valence-electron chi connectivity index (χ2n) is 6.52. The molecule has 1 aliphatic rings. The molecule has 4 nitrogen and oxygen atoms in total. The van der Waals surface area contributed by atoms with Gasteiger partial charge in [-0.3, -0.25) is 4.79 Å². The molecule has 0 spiro atoms. The van der Waals surface area contributed by atoms with Crippen molar-refractivity contribution in [1.82, 2.24) is 5.32 Å². The van der Waals surface area contributed by atoms with E-state index in [2.05, 4.69) is 12.2 Å². The largest absolute Gasteiger partial charge is 0.397 e. The molecule has 0 radical (unpaired) electrons. The summed E-state index contributed by atoms with van der Waals surface area (Å²) >= 11 is 0. The van der Waals surface area contributed by atoms with E-state index in [1.54, 1.807) is 6.07 Å². The van der Waals surface area contributed by atoms with Gasteiger partial charge in [0, 0.05) is 26.2 Å². The Labute approximate surface area is 127 Å². The normalized spacial score (nSPS) is 21.9. The van der Waals surface area contributed by atoms with Gasteiger partial charge < -0.3 is 16.0 Å². The molecule has 1 aromatic carbocycles. The van der Waals surface area contributed by atoms with Gasteiger partial charge in [0.05, 0.1) is 11.4 Å². The molecule has 2 unspecified atom stereocenters. The van der Waals surface area contributed by atoms with Crippen molar-refractivity contribution in [1.29, 1.82) is 0 Å². The topological polar surface area (TPSA) is 58.4 Å². The number of hydrogen-bond acceptors (Lipinski definition) is 3. The number of nitrogen functional groups attached to an aromatic ring is 1. The molecule has 2 rings (SSSR count). The molecule has 4 heteroatoms. The van der Waals surface area contributed by atoms with Crippen LogP contribution in [0.1, 0.15) is 43.0 Å². The number of carbonyl (C=O) groups is 1. The number of hydrogen-bond donors (Lipinski definition) is 2. The second kappa shape index (κ2) is 6.83. The number of nitrogens with zero attached hydrogens (tertiary/aromatic N) is 1. The van der Waals surface area contributed by atoms with Crippen molar-refractivity contribution in [3.05, 3.63) is 23.8 Å². The van der Waals surface area contributed by atoms with E-state index in [4.69, 9.17) is 5.73 Å². The molecule has 3 N–H and O–H groups in total. The molecule has 0 aliphatic heterocycles. The molecular formula is C17H27N3O. The maximum Gasteiger partial charge on any atom is 0.251 e. The summed E-state index contributed by atoms with van der Waals surface area (Å²) in [7, 11) is 3.88. The zero-order valence-corrected chi connectivity index (χ0v) is 13.4. The molecule has 1 fully saturated rings. The van der Waals surface area contributed by atoms with E-state index in [9.17, 15) is 4.79 Å². The number of amides is 1. The Balaban J connectivity index is 1.92. The first-order valence-electron chi connectivity index (χ1n) is 7.82. The van der Waals surface area contributed by atoms with Crippen LogP contribution >= 0.6 is 0 Å². The minimum Gasteiger partial charge on any atom is -0.397 e. The summed E-state index contributed by atoms with van der Waals surface area (Å²) < 4.78 is 0. The van der Waals surface area contributed by atoms with Crippen LogP contribution in [0.3, 0.4) is 0 Å². The third-order valence-corrected chi connectivity index (χ3v) is 4.37. The smallest absolute Gasteiger partial charge is 0.251 e. The van der Waals surface area contributed by atoms with E-state index >= 15 is 0 Å². The zero-order valence-electron chi connectivity index (χ0n) is 13.4. The second-order valence-corrected chi connectivity index (χ2v) is 6.52. The molecule has 1 aliphatic carbocycles. The summed E-state index contributed by atoms with van der Waals surface area (Å²) in [4.78, 5) is 14.2. The van der Waals surface area contributed by atoms with Crippen molar-refractivity contribution in [3.8, 4) is 0 Å². The van der Waals surface area contributed by atoms with Gasteiger partial charge in [-0.1, -0.05) is 19.8 Å². The Kier molecular flexibility index (Phi) is 5.10. The molecule has 0 bridgehead atoms. The number of nitrogens with one attached hydrogen (secondary N) is 1. The molecule has 1 saturated carbocycles. The fraction of sp³-hybridized carbons (Fsp3) is 0.588. The Morgan fingerprint density at radius 3 is 2.76 bits per heavy atom. The standard InChI is InChI=1S/C17H27N3O/c1-12-5-4-6-13(9-12)11-19-17(21)14-7-8-16(20(2)3)15(18)10-14/h7-8,10,12-13H,4-6,9,11,18H2,1-3H3,(H,19,21). The first kappa shape index (κ1) is 15.7. The fourth-order valence-electron chi connectivity index (χ4n) is 3.19. The van der Waals surface area contributed by atoms with E-state index in [1.807, 2.05) is 31.1 Å². The van der Waals surface area contributed by atoms with Gasteiger partial charge >= 0.3 is 0 Å². The van der Waals surface area contributed by atoms with Gasteiger partial charge in [-0.15, -0.1) is 0 Å². The van der Waals surface area contributed by atoms with Gasteiger partial charge in [-0.2, -0.15) is 0 Å². The van der Waals surface area contributed by atoms with E-state index in [0.29, 0.717) is 17.2 Å². The van der Waals surface area contributed by atoms with Crippen LogP contribution in [0, 0.1) is 11.8 Å². The van der Waals surface area contributed by atoms with Crippen molar-refractivity contribution in [3.63, 3.8) is 0 Å². The van der Waals surface area contributed by atoms with Gasteiger partial charge in [-0.05, 0) is 42.9 Å². The van der Waals surface area contributed by atoms with E-state index in [1.165, 1.54) is 25.7 Å². The third-order valence-electron chi connectivity index (χ3n) is 4.37. The average molecular weight is 289 g/mol. The monoisotopic (exact) mass is 289 g/mol. The summed E-state index contributed by atoms with van der Waals surface area (Å²) in [5.41, 5.74) is 8.21. The van der Waals surface area contributed by atoms with Crippen LogP contribution in [0.25, 0.3) is 0 Å². The van der Waals surface area contributed by atoms with Crippen molar-refractivity contribution in [2.24, 2.45) is 11.8 Å². The summed E-state index contributed by atoms with van der Waals surface area (Å²) in [6.07, 6.45) is 5.06. The van der Waals surface area contributed by atoms with Crippen LogP contribution in [0.2, 0.25) is 0 Å². The van der Waals surface area contributed by atoms with Crippen LogP contribution in [0.5, 0.6) is 0 Å². The van der Waals surface area contributed by atoms with E-state index < -0.39 is 0 Å². The summed E-state index contributed by atoms with van der Waals surface area (Å²) in [6.45, 7) is 3.08. The number of benzene rings is 1. The number of rotatable bonds is 4. The lowest BCUT2D eigenvalue weighted by Gasteiger charge is -2.26. The van der Waals surface area contributed by atoms with Crippen molar-refractivity contribution in [2.75, 3.05) is 31.3 Å². The Morgan fingerprint density at radius 1 is 1.38 bits per heavy atom. The third kappa shape index (κ3) is 4.13. The van der Waals surface area contributed by atoms with Crippen LogP contribution in [0.4, 0.5) is 11.4 Å². The highest BCUT2D eigenvalue weighted by atomic mass is 16.1. The van der Waals surface area contributed by atoms with Crippen LogP contribution < -0.4 is 16.0 Å². The lowest BCUT2D eigenvalue weighted by molar-refractivity contribution is 0.0940. The van der Waals surface area contributed by atoms with Crippen LogP contribution in [-0.2, 0) is 0 Å². The van der Waals surface area contributed by atoms with E-state index in [-0.39, 0.29) is 5.91 Å². The van der Waals surface area contributed by atoms with Crippen LogP contribution in [-0.4, -0.2) is 26.5 Å². The quantitative estimate of drug-likeness (QED) is 0.838. The highest BCUT2D eigenvalue weighted by molar-refractivity contribution is 5.96. The van der Waals surface area contributed by atoms with Crippen molar-refractivity contribution in [2.45, 2.75) is 32.6 Å². The fourth-order valence-corrected chi connectivity index (χ4v) is 3.19. The van der Waals surface area contributed by atoms with Crippen molar-refractivity contribution < 1.29 is 4.79 Å². The summed E-state index contributed by atoms with van der Waals surface area (Å²) in [6, 6.07) is 5.49. The summed E-state index contributed by atoms with van der Waals surface area (Å²) in [5, 5.41) is 3.06. The molecule has 1 aromatic rings. The molecule has 0 heterocycles. The van der Waals surface area contributed by atoms with Crippen molar-refractivity contribution >= 4 is 17.3 Å². The van der Waals surface area contributed by atoms with Gasteiger partial charge in [0.2, 0.25) is 0 Å². The lowest BCUT2D eigenvalue weighted by atomic mass is 9.82. The number of anilines is 2. The van der Waals surface area contributed by atoms with Gasteiger partial charge in [-0.25, -0.2) is 0 Å².